The molecule has 0 spiro atoms. The highest BCUT2D eigenvalue weighted by Crippen LogP contribution is 2.31. The molecule has 0 radical (unpaired) electrons. The number of fused-ring (bicyclic) bond motifs is 1. The van der Waals surface area contributed by atoms with Crippen molar-refractivity contribution in [1.29, 1.82) is 0 Å². The minimum absolute atomic E-state index is 0.0667. The molecule has 0 aliphatic carbocycles. The van der Waals surface area contributed by atoms with Crippen molar-refractivity contribution in [2.24, 2.45) is 0 Å². The molecule has 0 saturated heterocycles. The minimum Gasteiger partial charge on any atom is -0.306 e. The van der Waals surface area contributed by atoms with Gasteiger partial charge in [-0.2, -0.15) is 0 Å². The smallest absolute Gasteiger partial charge is 0.264 e. The van der Waals surface area contributed by atoms with Crippen LogP contribution in [-0.4, -0.2) is 30.8 Å². The van der Waals surface area contributed by atoms with Gasteiger partial charge in [0.25, 0.3) is 15.9 Å². The number of benzene rings is 3. The van der Waals surface area contributed by atoms with Gasteiger partial charge in [-0.15, -0.1) is 11.3 Å². The van der Waals surface area contributed by atoms with Crippen molar-refractivity contribution in [3.05, 3.63) is 102 Å². The lowest BCUT2D eigenvalue weighted by Crippen LogP contribution is -2.26. The number of anilines is 2. The van der Waals surface area contributed by atoms with Gasteiger partial charge in [0.2, 0.25) is 0 Å². The van der Waals surface area contributed by atoms with E-state index in [2.05, 4.69) is 10.3 Å². The van der Waals surface area contributed by atoms with Gasteiger partial charge in [0.05, 0.1) is 10.6 Å². The first-order valence-electron chi connectivity index (χ1n) is 10.5. The highest BCUT2D eigenvalue weighted by Gasteiger charge is 2.22. The summed E-state index contributed by atoms with van der Waals surface area (Å²) < 4.78 is 42.3. The average molecular weight is 507 g/mol. The van der Waals surface area contributed by atoms with Crippen LogP contribution in [0, 0.1) is 5.82 Å². The number of nitrogens with one attached hydrogen (secondary N) is 1. The second kappa shape index (κ2) is 8.97. The zero-order valence-corrected chi connectivity index (χ0v) is 20.1. The predicted octanol–water partition coefficient (Wildman–Crippen LogP) is 5.28. The standard InChI is InChI=1S/C25H19FN4O3S2/c1-29(20-5-3-2-4-6-20)35(32,33)21-13-9-18(10-14-21)24(31)28-23-22(17-7-11-19(26)12-8-17)27-25-30(23)15-16-34-25/h2-16H,1H3,(H,28,31). The van der Waals surface area contributed by atoms with Crippen molar-refractivity contribution in [1.82, 2.24) is 9.38 Å². The summed E-state index contributed by atoms with van der Waals surface area (Å²) in [5, 5.41) is 4.71. The van der Waals surface area contributed by atoms with Crippen LogP contribution in [-0.2, 0) is 10.0 Å². The number of sulfonamides is 1. The normalized spacial score (nSPS) is 11.5. The molecule has 2 aromatic heterocycles. The van der Waals surface area contributed by atoms with Crippen LogP contribution < -0.4 is 9.62 Å². The largest absolute Gasteiger partial charge is 0.306 e. The van der Waals surface area contributed by atoms with Crippen LogP contribution in [0.4, 0.5) is 15.9 Å². The fraction of sp³-hybridized carbons (Fsp3) is 0.0400. The summed E-state index contributed by atoms with van der Waals surface area (Å²) in [5.41, 5.74) is 1.97. The van der Waals surface area contributed by atoms with Crippen molar-refractivity contribution < 1.29 is 17.6 Å². The SMILES string of the molecule is CN(c1ccccc1)S(=O)(=O)c1ccc(C(=O)Nc2c(-c3ccc(F)cc3)nc3sccn23)cc1. The van der Waals surface area contributed by atoms with Crippen LogP contribution in [0.1, 0.15) is 10.4 Å². The number of imidazole rings is 1. The van der Waals surface area contributed by atoms with Crippen LogP contribution in [0.15, 0.2) is 95.3 Å². The molecular weight excluding hydrogens is 487 g/mol. The molecule has 2 heterocycles. The summed E-state index contributed by atoms with van der Waals surface area (Å²) in [4.78, 5) is 18.4. The number of hydrogen-bond donors (Lipinski definition) is 1. The maximum Gasteiger partial charge on any atom is 0.264 e. The Hall–Kier alpha value is -4.02. The molecule has 35 heavy (non-hydrogen) atoms. The van der Waals surface area contributed by atoms with E-state index in [4.69, 9.17) is 0 Å². The number of hydrogen-bond acceptors (Lipinski definition) is 5. The van der Waals surface area contributed by atoms with Gasteiger partial charge < -0.3 is 5.32 Å². The molecule has 0 bridgehead atoms. The molecule has 1 N–H and O–H groups in total. The molecule has 5 rings (SSSR count). The van der Waals surface area contributed by atoms with Crippen molar-refractivity contribution in [3.8, 4) is 11.3 Å². The van der Waals surface area contributed by atoms with Crippen LogP contribution in [0.5, 0.6) is 0 Å². The second-order valence-electron chi connectivity index (χ2n) is 7.66. The number of rotatable bonds is 6. The quantitative estimate of drug-likeness (QED) is 0.340. The van der Waals surface area contributed by atoms with E-state index >= 15 is 0 Å². The number of aromatic nitrogens is 2. The van der Waals surface area contributed by atoms with Crippen LogP contribution >= 0.6 is 11.3 Å². The van der Waals surface area contributed by atoms with Gasteiger partial charge in [-0.1, -0.05) is 18.2 Å². The van der Waals surface area contributed by atoms with E-state index in [9.17, 15) is 17.6 Å². The van der Waals surface area contributed by atoms with Gasteiger partial charge in [-0.25, -0.2) is 17.8 Å². The second-order valence-corrected chi connectivity index (χ2v) is 10.5. The topological polar surface area (TPSA) is 83.8 Å². The average Bonchev–Trinajstić information content (AvgIpc) is 3.47. The van der Waals surface area contributed by atoms with E-state index in [-0.39, 0.29) is 16.3 Å². The number of amides is 1. The number of carbonyl (C=O) groups is 1. The van der Waals surface area contributed by atoms with E-state index in [0.29, 0.717) is 27.7 Å². The fourth-order valence-electron chi connectivity index (χ4n) is 3.61. The first kappa shape index (κ1) is 22.8. The molecular formula is C25H19FN4O3S2. The lowest BCUT2D eigenvalue weighted by atomic mass is 10.1. The van der Waals surface area contributed by atoms with E-state index < -0.39 is 15.9 Å². The molecule has 0 fully saturated rings. The Morgan fingerprint density at radius 1 is 1.00 bits per heavy atom. The molecule has 0 atom stereocenters. The fourth-order valence-corrected chi connectivity index (χ4v) is 5.52. The molecule has 176 valence electrons. The molecule has 10 heteroatoms. The van der Waals surface area contributed by atoms with Gasteiger partial charge >= 0.3 is 0 Å². The Morgan fingerprint density at radius 3 is 2.37 bits per heavy atom. The van der Waals surface area contributed by atoms with Crippen LogP contribution in [0.2, 0.25) is 0 Å². The summed E-state index contributed by atoms with van der Waals surface area (Å²) in [6.45, 7) is 0. The van der Waals surface area contributed by atoms with E-state index in [0.717, 1.165) is 0 Å². The van der Waals surface area contributed by atoms with Crippen molar-refractivity contribution in [3.63, 3.8) is 0 Å². The van der Waals surface area contributed by atoms with Crippen molar-refractivity contribution in [2.45, 2.75) is 4.90 Å². The monoisotopic (exact) mass is 506 g/mol. The molecule has 0 aliphatic heterocycles. The number of thiazole rings is 1. The maximum atomic E-state index is 13.4. The predicted molar refractivity (Wildman–Crippen MR) is 135 cm³/mol. The van der Waals surface area contributed by atoms with Crippen LogP contribution in [0.25, 0.3) is 16.2 Å². The van der Waals surface area contributed by atoms with Gasteiger partial charge in [0.15, 0.2) is 4.96 Å². The number of nitrogens with zero attached hydrogens (tertiary/aromatic N) is 3. The third-order valence-corrected chi connectivity index (χ3v) is 8.06. The summed E-state index contributed by atoms with van der Waals surface area (Å²) in [7, 11) is -2.31. The zero-order chi connectivity index (χ0) is 24.6. The number of para-hydroxylation sites is 1. The molecule has 7 nitrogen and oxygen atoms in total. The number of halogens is 1. The molecule has 0 saturated carbocycles. The zero-order valence-electron chi connectivity index (χ0n) is 18.4. The van der Waals surface area contributed by atoms with Gasteiger partial charge in [0.1, 0.15) is 17.3 Å². The summed E-state index contributed by atoms with van der Waals surface area (Å²) in [5.74, 6) is -0.353. The highest BCUT2D eigenvalue weighted by atomic mass is 32.2. The van der Waals surface area contributed by atoms with E-state index in [1.54, 1.807) is 47.0 Å². The molecule has 0 aliphatic rings. The van der Waals surface area contributed by atoms with Crippen molar-refractivity contribution in [2.75, 3.05) is 16.7 Å². The molecule has 5 aromatic rings. The molecule has 3 aromatic carbocycles. The Balaban J connectivity index is 1.42. The first-order valence-corrected chi connectivity index (χ1v) is 12.8. The first-order chi connectivity index (χ1) is 16.8. The Kier molecular flexibility index (Phi) is 5.83. The molecule has 1 amide bonds. The van der Waals surface area contributed by atoms with E-state index in [1.165, 1.54) is 59.1 Å². The summed E-state index contributed by atoms with van der Waals surface area (Å²) in [6, 6.07) is 20.3. The highest BCUT2D eigenvalue weighted by molar-refractivity contribution is 7.92. The Morgan fingerprint density at radius 2 is 1.69 bits per heavy atom. The third-order valence-electron chi connectivity index (χ3n) is 5.51. The molecule has 0 unspecified atom stereocenters. The minimum atomic E-state index is -3.79. The van der Waals surface area contributed by atoms with Crippen molar-refractivity contribution >= 4 is 43.7 Å². The van der Waals surface area contributed by atoms with Gasteiger partial charge in [-0.05, 0) is 60.7 Å². The van der Waals surface area contributed by atoms with Gasteiger partial charge in [0, 0.05) is 29.8 Å². The Bertz CT molecular complexity index is 1610. The van der Waals surface area contributed by atoms with Crippen LogP contribution in [0.3, 0.4) is 0 Å². The lowest BCUT2D eigenvalue weighted by molar-refractivity contribution is 0.102. The lowest BCUT2D eigenvalue weighted by Gasteiger charge is -2.19. The van der Waals surface area contributed by atoms with Gasteiger partial charge in [-0.3, -0.25) is 13.5 Å². The summed E-state index contributed by atoms with van der Waals surface area (Å²) >= 11 is 1.40. The maximum absolute atomic E-state index is 13.4. The van der Waals surface area contributed by atoms with E-state index in [1.807, 2.05) is 11.4 Å². The summed E-state index contributed by atoms with van der Waals surface area (Å²) in [6.07, 6.45) is 1.78. The number of carbonyl (C=O) groups excluding carboxylic acids is 1. The third kappa shape index (κ3) is 4.29. The Labute approximate surface area is 205 Å².